The Balaban J connectivity index is 2.53. The Kier molecular flexibility index (Phi) is 2.86. The molecule has 0 radical (unpaired) electrons. The van der Waals surface area contributed by atoms with Crippen LogP contribution in [0.3, 0.4) is 0 Å². The van der Waals surface area contributed by atoms with Crippen LogP contribution in [0.25, 0.3) is 11.3 Å². The van der Waals surface area contributed by atoms with Crippen LogP contribution in [-0.2, 0) is 6.18 Å². The molecular formula is C12H8F3NO2. The molecule has 0 atom stereocenters. The molecule has 0 bridgehead atoms. The zero-order chi connectivity index (χ0) is 13.3. The Bertz CT molecular complexity index is 587. The summed E-state index contributed by atoms with van der Waals surface area (Å²) in [6, 6.07) is 6.17. The van der Waals surface area contributed by atoms with Gasteiger partial charge in [-0.1, -0.05) is 18.2 Å². The summed E-state index contributed by atoms with van der Waals surface area (Å²) < 4.78 is 38.3. The van der Waals surface area contributed by atoms with E-state index in [9.17, 15) is 18.0 Å². The first-order chi connectivity index (χ1) is 8.39. The van der Waals surface area contributed by atoms with Crippen LogP contribution in [-0.4, -0.2) is 16.1 Å². The highest BCUT2D eigenvalue weighted by Gasteiger charge is 2.33. The number of H-pyrrole nitrogens is 1. The Morgan fingerprint density at radius 3 is 2.44 bits per heavy atom. The fourth-order valence-electron chi connectivity index (χ4n) is 1.64. The first-order valence-corrected chi connectivity index (χ1v) is 4.98. The molecule has 0 aliphatic carbocycles. The van der Waals surface area contributed by atoms with Crippen molar-refractivity contribution >= 4 is 5.97 Å². The van der Waals surface area contributed by atoms with Crippen LogP contribution < -0.4 is 0 Å². The van der Waals surface area contributed by atoms with E-state index in [4.69, 9.17) is 5.11 Å². The molecule has 0 aliphatic rings. The number of halogens is 3. The van der Waals surface area contributed by atoms with Gasteiger partial charge in [0.1, 0.15) is 0 Å². The minimum Gasteiger partial charge on any atom is -0.478 e. The maximum atomic E-state index is 12.8. The van der Waals surface area contributed by atoms with E-state index in [0.717, 1.165) is 12.3 Å². The van der Waals surface area contributed by atoms with Crippen molar-refractivity contribution in [3.05, 3.63) is 47.7 Å². The molecule has 2 rings (SSSR count). The molecule has 1 aromatic heterocycles. The molecule has 0 spiro atoms. The van der Waals surface area contributed by atoms with Crippen molar-refractivity contribution in [3.8, 4) is 11.3 Å². The lowest BCUT2D eigenvalue weighted by atomic mass is 10.0. The number of carbonyl (C=O) groups is 1. The zero-order valence-corrected chi connectivity index (χ0v) is 8.95. The van der Waals surface area contributed by atoms with Gasteiger partial charge in [-0.2, -0.15) is 13.2 Å². The number of aromatic amines is 1. The maximum absolute atomic E-state index is 12.8. The molecule has 0 aliphatic heterocycles. The molecule has 18 heavy (non-hydrogen) atoms. The molecule has 1 aromatic carbocycles. The minimum absolute atomic E-state index is 0.0718. The van der Waals surface area contributed by atoms with E-state index in [2.05, 4.69) is 4.98 Å². The van der Waals surface area contributed by atoms with Crippen molar-refractivity contribution in [2.75, 3.05) is 0 Å². The molecule has 0 saturated carbocycles. The maximum Gasteiger partial charge on any atom is 0.417 e. The summed E-state index contributed by atoms with van der Waals surface area (Å²) in [5, 5.41) is 8.73. The Hall–Kier alpha value is -2.24. The molecule has 2 N–H and O–H groups in total. The van der Waals surface area contributed by atoms with Gasteiger partial charge in [-0.05, 0) is 12.1 Å². The van der Waals surface area contributed by atoms with Crippen molar-refractivity contribution in [1.29, 1.82) is 0 Å². The van der Waals surface area contributed by atoms with Gasteiger partial charge in [0.2, 0.25) is 0 Å². The average Bonchev–Trinajstić information content (AvgIpc) is 2.77. The lowest BCUT2D eigenvalue weighted by Crippen LogP contribution is -2.06. The predicted octanol–water partition coefficient (Wildman–Crippen LogP) is 3.40. The number of hydrogen-bond donors (Lipinski definition) is 2. The molecule has 6 heteroatoms. The van der Waals surface area contributed by atoms with Crippen LogP contribution in [0, 0.1) is 0 Å². The number of alkyl halides is 3. The number of rotatable bonds is 2. The smallest absolute Gasteiger partial charge is 0.417 e. The second-order valence-corrected chi connectivity index (χ2v) is 3.65. The van der Waals surface area contributed by atoms with Crippen LogP contribution in [0.4, 0.5) is 13.2 Å². The highest BCUT2D eigenvalue weighted by atomic mass is 19.4. The van der Waals surface area contributed by atoms with Crippen LogP contribution in [0.2, 0.25) is 0 Å². The third-order valence-corrected chi connectivity index (χ3v) is 2.45. The number of benzene rings is 1. The van der Waals surface area contributed by atoms with Crippen molar-refractivity contribution in [1.82, 2.24) is 4.98 Å². The van der Waals surface area contributed by atoms with Gasteiger partial charge in [0, 0.05) is 17.5 Å². The number of carboxylic acids is 1. The molecule has 94 valence electrons. The van der Waals surface area contributed by atoms with E-state index in [1.165, 1.54) is 24.3 Å². The van der Waals surface area contributed by atoms with E-state index in [0.29, 0.717) is 0 Å². The topological polar surface area (TPSA) is 53.1 Å². The molecule has 3 nitrogen and oxygen atoms in total. The predicted molar refractivity (Wildman–Crippen MR) is 58.2 cm³/mol. The molecule has 0 amide bonds. The number of nitrogens with one attached hydrogen (secondary N) is 1. The lowest BCUT2D eigenvalue weighted by Gasteiger charge is -2.11. The SMILES string of the molecule is O=C(O)c1c[nH]c(-c2ccccc2C(F)(F)F)c1. The van der Waals surface area contributed by atoms with Crippen LogP contribution in [0.15, 0.2) is 36.5 Å². The lowest BCUT2D eigenvalue weighted by molar-refractivity contribution is -0.137. The summed E-state index contributed by atoms with van der Waals surface area (Å²) in [5.74, 6) is -1.19. The highest BCUT2D eigenvalue weighted by molar-refractivity contribution is 5.89. The van der Waals surface area contributed by atoms with Crippen molar-refractivity contribution in [3.63, 3.8) is 0 Å². The third kappa shape index (κ3) is 2.22. The number of carboxylic acid groups (broad SMARTS) is 1. The number of aromatic carboxylic acids is 1. The standard InChI is InChI=1S/C12H8F3NO2/c13-12(14,15)9-4-2-1-3-8(9)10-5-7(6-16-10)11(17)18/h1-6,16H,(H,17,18). The van der Waals surface area contributed by atoms with Crippen LogP contribution in [0.1, 0.15) is 15.9 Å². The summed E-state index contributed by atoms with van der Waals surface area (Å²) in [6.07, 6.45) is -3.32. The largest absolute Gasteiger partial charge is 0.478 e. The van der Waals surface area contributed by atoms with E-state index in [1.54, 1.807) is 0 Å². The molecule has 1 heterocycles. The second kappa shape index (κ2) is 4.21. The van der Waals surface area contributed by atoms with Gasteiger partial charge in [0.05, 0.1) is 11.1 Å². The quantitative estimate of drug-likeness (QED) is 0.864. The molecule has 0 fully saturated rings. The van der Waals surface area contributed by atoms with Gasteiger partial charge in [-0.3, -0.25) is 0 Å². The average molecular weight is 255 g/mol. The van der Waals surface area contributed by atoms with E-state index in [1.807, 2.05) is 0 Å². The first kappa shape index (κ1) is 12.2. The third-order valence-electron chi connectivity index (χ3n) is 2.45. The summed E-state index contributed by atoms with van der Waals surface area (Å²) in [7, 11) is 0. The van der Waals surface area contributed by atoms with Gasteiger partial charge >= 0.3 is 12.1 Å². The molecule has 0 saturated heterocycles. The summed E-state index contributed by atoms with van der Waals surface area (Å²) in [6.45, 7) is 0. The Morgan fingerprint density at radius 1 is 1.22 bits per heavy atom. The number of aromatic nitrogens is 1. The van der Waals surface area contributed by atoms with Crippen LogP contribution >= 0.6 is 0 Å². The fourth-order valence-corrected chi connectivity index (χ4v) is 1.64. The van der Waals surface area contributed by atoms with E-state index < -0.39 is 17.7 Å². The normalized spacial score (nSPS) is 11.5. The summed E-state index contributed by atoms with van der Waals surface area (Å²) in [5.41, 5.74) is -0.830. The Morgan fingerprint density at radius 2 is 1.89 bits per heavy atom. The molecule has 2 aromatic rings. The van der Waals surface area contributed by atoms with Crippen molar-refractivity contribution < 1.29 is 23.1 Å². The monoisotopic (exact) mass is 255 g/mol. The highest BCUT2D eigenvalue weighted by Crippen LogP contribution is 2.36. The first-order valence-electron chi connectivity index (χ1n) is 4.98. The van der Waals surface area contributed by atoms with E-state index >= 15 is 0 Å². The Labute approximate surface area is 99.9 Å². The van der Waals surface area contributed by atoms with Crippen LogP contribution in [0.5, 0.6) is 0 Å². The minimum atomic E-state index is -4.48. The van der Waals surface area contributed by atoms with Crippen molar-refractivity contribution in [2.45, 2.75) is 6.18 Å². The van der Waals surface area contributed by atoms with Gasteiger partial charge in [-0.15, -0.1) is 0 Å². The van der Waals surface area contributed by atoms with E-state index in [-0.39, 0.29) is 16.8 Å². The molecular weight excluding hydrogens is 247 g/mol. The van der Waals surface area contributed by atoms with Gasteiger partial charge in [-0.25, -0.2) is 4.79 Å². The molecule has 0 unspecified atom stereocenters. The van der Waals surface area contributed by atoms with Gasteiger partial charge < -0.3 is 10.1 Å². The van der Waals surface area contributed by atoms with Gasteiger partial charge in [0.15, 0.2) is 0 Å². The van der Waals surface area contributed by atoms with Gasteiger partial charge in [0.25, 0.3) is 0 Å². The summed E-state index contributed by atoms with van der Waals surface area (Å²) in [4.78, 5) is 13.2. The zero-order valence-electron chi connectivity index (χ0n) is 8.95. The summed E-state index contributed by atoms with van der Waals surface area (Å²) >= 11 is 0. The fraction of sp³-hybridized carbons (Fsp3) is 0.0833. The second-order valence-electron chi connectivity index (χ2n) is 3.65. The van der Waals surface area contributed by atoms with Crippen molar-refractivity contribution in [2.24, 2.45) is 0 Å². The number of hydrogen-bond acceptors (Lipinski definition) is 1.